The molecule has 1 aromatic carbocycles. The van der Waals surface area contributed by atoms with E-state index < -0.39 is 0 Å². The van der Waals surface area contributed by atoms with E-state index in [-0.39, 0.29) is 5.54 Å². The first-order valence-corrected chi connectivity index (χ1v) is 7.77. The molecule has 2 rings (SSSR count). The lowest BCUT2D eigenvalue weighted by atomic mass is 9.98. The zero-order valence-electron chi connectivity index (χ0n) is 13.0. The molecule has 1 N–H and O–H groups in total. The molecule has 1 saturated heterocycles. The summed E-state index contributed by atoms with van der Waals surface area (Å²) in [5.74, 6) is 0. The zero-order chi connectivity index (χ0) is 14.8. The number of hydrogen-bond acceptors (Lipinski definition) is 3. The van der Waals surface area contributed by atoms with Crippen LogP contribution in [-0.4, -0.2) is 43.7 Å². The highest BCUT2D eigenvalue weighted by atomic mass is 35.5. The van der Waals surface area contributed by atoms with E-state index in [0.29, 0.717) is 0 Å². The predicted octanol–water partition coefficient (Wildman–Crippen LogP) is 2.98. The summed E-state index contributed by atoms with van der Waals surface area (Å²) in [5, 5.41) is 4.22. The van der Waals surface area contributed by atoms with Crippen LogP contribution in [-0.2, 0) is 6.54 Å². The third kappa shape index (κ3) is 3.46. The van der Waals surface area contributed by atoms with Crippen molar-refractivity contribution in [1.29, 1.82) is 0 Å². The molecule has 0 aliphatic carbocycles. The van der Waals surface area contributed by atoms with Crippen molar-refractivity contribution in [3.63, 3.8) is 0 Å². The third-order valence-electron chi connectivity index (χ3n) is 4.26. The molecule has 1 fully saturated rings. The number of rotatable bonds is 4. The van der Waals surface area contributed by atoms with Crippen molar-refractivity contribution in [3.05, 3.63) is 28.8 Å². The van der Waals surface area contributed by atoms with Crippen molar-refractivity contribution in [2.45, 2.75) is 32.9 Å². The molecule has 4 heteroatoms. The van der Waals surface area contributed by atoms with Crippen molar-refractivity contribution in [2.24, 2.45) is 0 Å². The maximum absolute atomic E-state index is 6.16. The number of halogens is 1. The predicted molar refractivity (Wildman–Crippen MR) is 87.8 cm³/mol. The fraction of sp³-hybridized carbons (Fsp3) is 0.625. The topological polar surface area (TPSA) is 18.5 Å². The Morgan fingerprint density at radius 2 is 2.05 bits per heavy atom. The number of piperazine rings is 1. The standard InChI is InChI=1S/C16H26ClN3/c1-5-18-11-13-10-14(17)6-7-15(13)20-9-8-19(4)16(2,3)12-20/h6-7,10,18H,5,8-9,11-12H2,1-4H3. The molecule has 0 unspecified atom stereocenters. The molecule has 0 amide bonds. The summed E-state index contributed by atoms with van der Waals surface area (Å²) in [5.41, 5.74) is 2.81. The minimum atomic E-state index is 0.202. The van der Waals surface area contributed by atoms with Crippen LogP contribution >= 0.6 is 11.6 Å². The van der Waals surface area contributed by atoms with E-state index in [0.717, 1.165) is 37.7 Å². The van der Waals surface area contributed by atoms with Crippen molar-refractivity contribution in [2.75, 3.05) is 38.1 Å². The zero-order valence-corrected chi connectivity index (χ0v) is 13.8. The van der Waals surface area contributed by atoms with E-state index in [9.17, 15) is 0 Å². The van der Waals surface area contributed by atoms with E-state index in [1.54, 1.807) is 0 Å². The minimum absolute atomic E-state index is 0.202. The first kappa shape index (κ1) is 15.6. The van der Waals surface area contributed by atoms with Gasteiger partial charge in [0.05, 0.1) is 0 Å². The molecule has 1 aliphatic rings. The highest BCUT2D eigenvalue weighted by Gasteiger charge is 2.31. The molecule has 0 spiro atoms. The Balaban J connectivity index is 2.23. The van der Waals surface area contributed by atoms with Crippen LogP contribution in [0.25, 0.3) is 0 Å². The first-order chi connectivity index (χ1) is 9.44. The number of nitrogens with zero attached hydrogens (tertiary/aromatic N) is 2. The molecule has 1 aliphatic heterocycles. The van der Waals surface area contributed by atoms with Gasteiger partial charge in [0, 0.05) is 42.4 Å². The van der Waals surface area contributed by atoms with Crippen molar-refractivity contribution < 1.29 is 0 Å². The van der Waals surface area contributed by atoms with E-state index in [1.165, 1.54) is 11.3 Å². The van der Waals surface area contributed by atoms with E-state index in [4.69, 9.17) is 11.6 Å². The van der Waals surface area contributed by atoms with Gasteiger partial charge in [-0.3, -0.25) is 4.90 Å². The lowest BCUT2D eigenvalue weighted by molar-refractivity contribution is 0.139. The molecule has 0 atom stereocenters. The molecule has 0 radical (unpaired) electrons. The number of likely N-dealkylation sites (N-methyl/N-ethyl adjacent to an activating group) is 1. The Kier molecular flexibility index (Phi) is 4.95. The van der Waals surface area contributed by atoms with Crippen LogP contribution in [0.4, 0.5) is 5.69 Å². The third-order valence-corrected chi connectivity index (χ3v) is 4.50. The second-order valence-corrected chi connectivity index (χ2v) is 6.65. The Hall–Kier alpha value is -0.770. The Morgan fingerprint density at radius 1 is 1.30 bits per heavy atom. The average Bonchev–Trinajstić information content (AvgIpc) is 2.39. The maximum atomic E-state index is 6.16. The normalized spacial score (nSPS) is 19.4. The molecule has 1 heterocycles. The van der Waals surface area contributed by atoms with Gasteiger partial charge in [0.15, 0.2) is 0 Å². The van der Waals surface area contributed by atoms with Gasteiger partial charge < -0.3 is 10.2 Å². The van der Waals surface area contributed by atoms with Crippen LogP contribution in [0.15, 0.2) is 18.2 Å². The maximum Gasteiger partial charge on any atom is 0.0413 e. The SMILES string of the molecule is CCNCc1cc(Cl)ccc1N1CCN(C)C(C)(C)C1. The monoisotopic (exact) mass is 295 g/mol. The Morgan fingerprint density at radius 3 is 2.70 bits per heavy atom. The largest absolute Gasteiger partial charge is 0.368 e. The summed E-state index contributed by atoms with van der Waals surface area (Å²) in [7, 11) is 2.21. The van der Waals surface area contributed by atoms with Gasteiger partial charge >= 0.3 is 0 Å². The van der Waals surface area contributed by atoms with Gasteiger partial charge in [-0.2, -0.15) is 0 Å². The molecule has 3 nitrogen and oxygen atoms in total. The van der Waals surface area contributed by atoms with Gasteiger partial charge in [0.1, 0.15) is 0 Å². The van der Waals surface area contributed by atoms with E-state index in [2.05, 4.69) is 55.1 Å². The minimum Gasteiger partial charge on any atom is -0.368 e. The van der Waals surface area contributed by atoms with Crippen LogP contribution in [0.1, 0.15) is 26.3 Å². The second kappa shape index (κ2) is 6.33. The van der Waals surface area contributed by atoms with Crippen LogP contribution < -0.4 is 10.2 Å². The molecule has 0 saturated carbocycles. The van der Waals surface area contributed by atoms with Crippen molar-refractivity contribution in [1.82, 2.24) is 10.2 Å². The van der Waals surface area contributed by atoms with Gasteiger partial charge in [0.25, 0.3) is 0 Å². The van der Waals surface area contributed by atoms with Crippen molar-refractivity contribution >= 4 is 17.3 Å². The Labute approximate surface area is 127 Å². The van der Waals surface area contributed by atoms with E-state index >= 15 is 0 Å². The summed E-state index contributed by atoms with van der Waals surface area (Å²) >= 11 is 6.16. The van der Waals surface area contributed by atoms with Crippen LogP contribution in [0.5, 0.6) is 0 Å². The number of benzene rings is 1. The summed E-state index contributed by atoms with van der Waals surface area (Å²) < 4.78 is 0. The molecular formula is C16H26ClN3. The van der Waals surface area contributed by atoms with Gasteiger partial charge in [-0.1, -0.05) is 18.5 Å². The molecule has 0 aromatic heterocycles. The van der Waals surface area contributed by atoms with Gasteiger partial charge in [-0.25, -0.2) is 0 Å². The fourth-order valence-corrected chi connectivity index (χ4v) is 2.90. The fourth-order valence-electron chi connectivity index (χ4n) is 2.71. The van der Waals surface area contributed by atoms with Crippen molar-refractivity contribution in [3.8, 4) is 0 Å². The number of nitrogens with one attached hydrogen (secondary N) is 1. The first-order valence-electron chi connectivity index (χ1n) is 7.39. The summed E-state index contributed by atoms with van der Waals surface area (Å²) in [4.78, 5) is 4.92. The van der Waals surface area contributed by atoms with Gasteiger partial charge in [0.2, 0.25) is 0 Å². The number of hydrogen-bond donors (Lipinski definition) is 1. The van der Waals surface area contributed by atoms with Crippen LogP contribution in [0.3, 0.4) is 0 Å². The average molecular weight is 296 g/mol. The van der Waals surface area contributed by atoms with E-state index in [1.807, 2.05) is 6.07 Å². The molecule has 1 aromatic rings. The second-order valence-electron chi connectivity index (χ2n) is 6.21. The highest BCUT2D eigenvalue weighted by molar-refractivity contribution is 6.30. The Bertz CT molecular complexity index is 459. The van der Waals surface area contributed by atoms with Gasteiger partial charge in [-0.05, 0) is 51.2 Å². The lowest BCUT2D eigenvalue weighted by Gasteiger charge is -2.46. The molecule has 0 bridgehead atoms. The molecule has 20 heavy (non-hydrogen) atoms. The summed E-state index contributed by atoms with van der Waals surface area (Å²) in [6.45, 7) is 11.8. The molecular weight excluding hydrogens is 270 g/mol. The summed E-state index contributed by atoms with van der Waals surface area (Å²) in [6, 6.07) is 6.25. The smallest absolute Gasteiger partial charge is 0.0413 e. The quantitative estimate of drug-likeness (QED) is 0.921. The van der Waals surface area contributed by atoms with Gasteiger partial charge in [-0.15, -0.1) is 0 Å². The molecule has 112 valence electrons. The highest BCUT2D eigenvalue weighted by Crippen LogP contribution is 2.29. The number of anilines is 1. The van der Waals surface area contributed by atoms with Crippen LogP contribution in [0, 0.1) is 0 Å². The lowest BCUT2D eigenvalue weighted by Crippen LogP contribution is -2.57. The summed E-state index contributed by atoms with van der Waals surface area (Å²) in [6.07, 6.45) is 0. The van der Waals surface area contributed by atoms with Crippen LogP contribution in [0.2, 0.25) is 5.02 Å².